The van der Waals surface area contributed by atoms with Gasteiger partial charge < -0.3 is 25.7 Å². The van der Waals surface area contributed by atoms with Gasteiger partial charge in [-0.05, 0) is 42.7 Å². The van der Waals surface area contributed by atoms with Gasteiger partial charge in [-0.2, -0.15) is 4.98 Å². The monoisotopic (exact) mass is 430 g/mol. The number of nitrogens with zero attached hydrogens (tertiary/aromatic N) is 5. The van der Waals surface area contributed by atoms with E-state index in [1.807, 2.05) is 42.6 Å². The van der Waals surface area contributed by atoms with Crippen LogP contribution >= 0.6 is 0 Å². The lowest BCUT2D eigenvalue weighted by atomic mass is 10.1. The number of benzene rings is 1. The first kappa shape index (κ1) is 20.3. The van der Waals surface area contributed by atoms with Crippen molar-refractivity contribution in [1.29, 1.82) is 0 Å². The highest BCUT2D eigenvalue weighted by molar-refractivity contribution is 5.88. The van der Waals surface area contributed by atoms with Crippen molar-refractivity contribution in [2.45, 2.75) is 25.5 Å². The number of hydrogen-bond acceptors (Lipinski definition) is 8. The van der Waals surface area contributed by atoms with E-state index in [2.05, 4.69) is 25.2 Å². The molecule has 1 saturated heterocycles. The molecule has 4 N–H and O–H groups in total. The van der Waals surface area contributed by atoms with E-state index in [1.54, 1.807) is 13.4 Å². The average Bonchev–Trinajstić information content (AvgIpc) is 3.29. The molecular weight excluding hydrogens is 404 g/mol. The van der Waals surface area contributed by atoms with E-state index in [1.165, 1.54) is 0 Å². The number of fused-ring (bicyclic) bond motifs is 1. The Morgan fingerprint density at radius 2 is 1.91 bits per heavy atom. The van der Waals surface area contributed by atoms with E-state index >= 15 is 0 Å². The summed E-state index contributed by atoms with van der Waals surface area (Å²) in [7, 11) is 1.68. The predicted molar refractivity (Wildman–Crippen MR) is 125 cm³/mol. The minimum absolute atomic E-state index is 0.294. The van der Waals surface area contributed by atoms with Crippen LogP contribution in [0.25, 0.3) is 22.4 Å². The number of imidazole rings is 1. The van der Waals surface area contributed by atoms with Gasteiger partial charge in [0, 0.05) is 43.7 Å². The van der Waals surface area contributed by atoms with Crippen LogP contribution in [-0.4, -0.2) is 51.2 Å². The largest absolute Gasteiger partial charge is 0.380 e. The van der Waals surface area contributed by atoms with Crippen LogP contribution in [0.4, 0.5) is 17.5 Å². The Bertz CT molecular complexity index is 1180. The number of hydrogen-bond donors (Lipinski definition) is 3. The second-order valence-electron chi connectivity index (χ2n) is 7.98. The van der Waals surface area contributed by atoms with Gasteiger partial charge in [0.15, 0.2) is 5.65 Å². The summed E-state index contributed by atoms with van der Waals surface area (Å²) < 4.78 is 5.17. The fourth-order valence-corrected chi connectivity index (χ4v) is 3.92. The van der Waals surface area contributed by atoms with Crippen molar-refractivity contribution in [2.75, 3.05) is 30.4 Å². The zero-order valence-corrected chi connectivity index (χ0v) is 18.0. The number of aromatic nitrogens is 5. The number of ether oxygens (including phenoxy) is 1. The molecule has 0 aliphatic carbocycles. The molecule has 4 heterocycles. The van der Waals surface area contributed by atoms with Crippen molar-refractivity contribution in [3.63, 3.8) is 0 Å². The molecule has 1 aliphatic rings. The Labute approximate surface area is 186 Å². The predicted octanol–water partition coefficient (Wildman–Crippen LogP) is 3.23. The van der Waals surface area contributed by atoms with Gasteiger partial charge in [-0.1, -0.05) is 12.1 Å². The van der Waals surface area contributed by atoms with Crippen LogP contribution in [0, 0.1) is 0 Å². The van der Waals surface area contributed by atoms with Crippen LogP contribution in [0.3, 0.4) is 0 Å². The molecule has 5 rings (SSSR count). The maximum atomic E-state index is 6.03. The molecule has 1 aromatic carbocycles. The minimum Gasteiger partial charge on any atom is -0.380 e. The zero-order chi connectivity index (χ0) is 21.9. The molecule has 0 unspecified atom stereocenters. The summed E-state index contributed by atoms with van der Waals surface area (Å²) in [6.07, 6.45) is 5.47. The van der Waals surface area contributed by atoms with Crippen LogP contribution in [0.5, 0.6) is 0 Å². The summed E-state index contributed by atoms with van der Waals surface area (Å²) in [5.74, 6) is 1.44. The summed E-state index contributed by atoms with van der Waals surface area (Å²) in [6.45, 7) is 2.44. The van der Waals surface area contributed by atoms with Crippen LogP contribution in [0.1, 0.15) is 18.4 Å². The van der Waals surface area contributed by atoms with Gasteiger partial charge >= 0.3 is 0 Å². The smallest absolute Gasteiger partial charge is 0.229 e. The SMILES string of the molecule is COCc1ccc(Nc2nc(-c3ccc(N4CCC(N)CC4)nc3)c3[nH]cnc3n2)cc1. The van der Waals surface area contributed by atoms with Gasteiger partial charge in [0.25, 0.3) is 0 Å². The van der Waals surface area contributed by atoms with Crippen molar-refractivity contribution >= 4 is 28.6 Å². The Balaban J connectivity index is 1.41. The molecule has 0 atom stereocenters. The lowest BCUT2D eigenvalue weighted by Crippen LogP contribution is -2.40. The molecule has 32 heavy (non-hydrogen) atoms. The number of nitrogens with two attached hydrogens (primary N) is 1. The van der Waals surface area contributed by atoms with E-state index < -0.39 is 0 Å². The molecule has 9 nitrogen and oxygen atoms in total. The molecular formula is C23H26N8O. The molecule has 1 aliphatic heterocycles. The number of anilines is 3. The van der Waals surface area contributed by atoms with Gasteiger partial charge in [0.2, 0.25) is 5.95 Å². The van der Waals surface area contributed by atoms with Gasteiger partial charge in [0.1, 0.15) is 17.0 Å². The number of rotatable bonds is 6. The third kappa shape index (κ3) is 4.25. The van der Waals surface area contributed by atoms with Crippen molar-refractivity contribution in [3.05, 3.63) is 54.5 Å². The van der Waals surface area contributed by atoms with Crippen molar-refractivity contribution in [3.8, 4) is 11.3 Å². The van der Waals surface area contributed by atoms with Crippen LogP contribution in [0.2, 0.25) is 0 Å². The third-order valence-corrected chi connectivity index (χ3v) is 5.69. The quantitative estimate of drug-likeness (QED) is 0.427. The first-order valence-corrected chi connectivity index (χ1v) is 10.7. The normalized spacial score (nSPS) is 14.8. The Morgan fingerprint density at radius 1 is 1.09 bits per heavy atom. The summed E-state index contributed by atoms with van der Waals surface area (Å²) in [5, 5.41) is 3.28. The fourth-order valence-electron chi connectivity index (χ4n) is 3.92. The van der Waals surface area contributed by atoms with E-state index in [-0.39, 0.29) is 0 Å². The van der Waals surface area contributed by atoms with E-state index in [0.717, 1.165) is 59.8 Å². The molecule has 164 valence electrons. The summed E-state index contributed by atoms with van der Waals surface area (Å²) in [6, 6.07) is 12.4. The Kier molecular flexibility index (Phi) is 5.66. The van der Waals surface area contributed by atoms with E-state index in [4.69, 9.17) is 20.4 Å². The number of methoxy groups -OCH3 is 1. The highest BCUT2D eigenvalue weighted by Gasteiger charge is 2.18. The first-order chi connectivity index (χ1) is 15.7. The topological polar surface area (TPSA) is 118 Å². The average molecular weight is 431 g/mol. The van der Waals surface area contributed by atoms with Gasteiger partial charge in [0.05, 0.1) is 12.9 Å². The molecule has 0 amide bonds. The molecule has 0 spiro atoms. The second-order valence-corrected chi connectivity index (χ2v) is 7.98. The lowest BCUT2D eigenvalue weighted by Gasteiger charge is -2.31. The second kappa shape index (κ2) is 8.89. The number of nitrogens with one attached hydrogen (secondary N) is 2. The number of pyridine rings is 1. The Morgan fingerprint density at radius 3 is 2.62 bits per heavy atom. The number of H-pyrrole nitrogens is 1. The maximum absolute atomic E-state index is 6.03. The van der Waals surface area contributed by atoms with Crippen molar-refractivity contribution in [1.82, 2.24) is 24.9 Å². The van der Waals surface area contributed by atoms with Crippen LogP contribution in [-0.2, 0) is 11.3 Å². The van der Waals surface area contributed by atoms with Crippen molar-refractivity contribution < 1.29 is 4.74 Å². The minimum atomic E-state index is 0.294. The fraction of sp³-hybridized carbons (Fsp3) is 0.304. The van der Waals surface area contributed by atoms with E-state index in [0.29, 0.717) is 24.2 Å². The maximum Gasteiger partial charge on any atom is 0.229 e. The zero-order valence-electron chi connectivity index (χ0n) is 18.0. The van der Waals surface area contributed by atoms with Gasteiger partial charge in [-0.15, -0.1) is 0 Å². The highest BCUT2D eigenvalue weighted by atomic mass is 16.5. The molecule has 0 saturated carbocycles. The van der Waals surface area contributed by atoms with E-state index in [9.17, 15) is 0 Å². The van der Waals surface area contributed by atoms with Gasteiger partial charge in [-0.3, -0.25) is 0 Å². The number of piperidine rings is 1. The highest BCUT2D eigenvalue weighted by Crippen LogP contribution is 2.27. The Hall–Kier alpha value is -3.56. The van der Waals surface area contributed by atoms with Gasteiger partial charge in [-0.25, -0.2) is 15.0 Å². The summed E-state index contributed by atoms with van der Waals surface area (Å²) in [5.41, 5.74) is 11.1. The van der Waals surface area contributed by atoms with Crippen molar-refractivity contribution in [2.24, 2.45) is 5.73 Å². The number of aromatic amines is 1. The third-order valence-electron chi connectivity index (χ3n) is 5.69. The summed E-state index contributed by atoms with van der Waals surface area (Å²) >= 11 is 0. The molecule has 9 heteroatoms. The molecule has 1 fully saturated rings. The van der Waals surface area contributed by atoms with Crippen LogP contribution in [0.15, 0.2) is 48.9 Å². The molecule has 0 radical (unpaired) electrons. The standard InChI is InChI=1S/C23H26N8O/c1-32-13-15-2-5-18(6-3-15)28-23-29-20(21-22(30-23)27-14-26-21)16-4-7-19(25-12-16)31-10-8-17(24)9-11-31/h2-7,12,14,17H,8-11,13,24H2,1H3,(H2,26,27,28,29,30). The molecule has 0 bridgehead atoms. The summed E-state index contributed by atoms with van der Waals surface area (Å²) in [4.78, 5) is 23.8. The molecule has 4 aromatic rings. The lowest BCUT2D eigenvalue weighted by molar-refractivity contribution is 0.185. The van der Waals surface area contributed by atoms with Crippen LogP contribution < -0.4 is 16.0 Å². The first-order valence-electron chi connectivity index (χ1n) is 10.7. The molecule has 3 aromatic heterocycles.